The molecular formula is C23H29BrFN3O4. The number of rotatable bonds is 1. The molecule has 2 amide bonds. The number of nitrogens with zero attached hydrogens (tertiary/aromatic N) is 2. The van der Waals surface area contributed by atoms with Crippen LogP contribution in [0.3, 0.4) is 0 Å². The molecule has 0 radical (unpaired) electrons. The predicted octanol–water partition coefficient (Wildman–Crippen LogP) is 4.27. The molecule has 0 saturated heterocycles. The summed E-state index contributed by atoms with van der Waals surface area (Å²) >= 11 is 3.56. The van der Waals surface area contributed by atoms with Gasteiger partial charge in [-0.2, -0.15) is 0 Å². The van der Waals surface area contributed by atoms with E-state index in [0.717, 1.165) is 12.8 Å². The van der Waals surface area contributed by atoms with Gasteiger partial charge >= 0.3 is 6.09 Å². The first kappa shape index (κ1) is 23.2. The molecule has 7 nitrogen and oxygen atoms in total. The number of carbonyl (C=O) groups excluding carboxylic acids is 2. The molecule has 1 saturated carbocycles. The molecule has 1 aromatic rings. The molecule has 1 aliphatic heterocycles. The summed E-state index contributed by atoms with van der Waals surface area (Å²) in [5, 5.41) is 2.63. The second kappa shape index (κ2) is 7.80. The van der Waals surface area contributed by atoms with Crippen molar-refractivity contribution < 1.29 is 23.5 Å². The van der Waals surface area contributed by atoms with E-state index in [1.54, 1.807) is 41.0 Å². The summed E-state index contributed by atoms with van der Waals surface area (Å²) < 4.78 is 26.5. The summed E-state index contributed by atoms with van der Waals surface area (Å²) in [6, 6.07) is 3.04. The molecule has 3 aliphatic rings. The minimum atomic E-state index is -1.32. The standard InChI is InChI=1S/C23H29BrFN3O4/c1-21(2,3)32-20(30)26-19-27-23(18(29)28(19)4)17-14(16(25)7-6-15(17)24)12-22(23)10-8-13(31-5)9-11-22/h6-7,13H,8-12H2,1-5H3,(H,26,27,30). The van der Waals surface area contributed by atoms with Crippen LogP contribution in [0.1, 0.15) is 57.6 Å². The van der Waals surface area contributed by atoms with Crippen molar-refractivity contribution in [2.24, 2.45) is 10.4 Å². The van der Waals surface area contributed by atoms with Crippen molar-refractivity contribution in [2.75, 3.05) is 14.2 Å². The first-order chi connectivity index (χ1) is 14.9. The van der Waals surface area contributed by atoms with E-state index in [2.05, 4.69) is 21.2 Å². The zero-order valence-corrected chi connectivity index (χ0v) is 20.6. The number of methoxy groups -OCH3 is 1. The van der Waals surface area contributed by atoms with Gasteiger partial charge in [-0.3, -0.25) is 15.0 Å². The topological polar surface area (TPSA) is 80.2 Å². The Labute approximate surface area is 195 Å². The molecule has 0 aromatic heterocycles. The molecule has 174 valence electrons. The van der Waals surface area contributed by atoms with E-state index in [9.17, 15) is 14.0 Å². The molecule has 1 heterocycles. The van der Waals surface area contributed by atoms with Crippen molar-refractivity contribution in [1.82, 2.24) is 10.2 Å². The zero-order valence-electron chi connectivity index (χ0n) is 19.1. The second-order valence-corrected chi connectivity index (χ2v) is 10.8. The van der Waals surface area contributed by atoms with Gasteiger partial charge < -0.3 is 9.47 Å². The Balaban J connectivity index is 1.83. The van der Waals surface area contributed by atoms with Gasteiger partial charge in [-0.25, -0.2) is 14.2 Å². The summed E-state index contributed by atoms with van der Waals surface area (Å²) in [5.41, 5.74) is -1.54. The van der Waals surface area contributed by atoms with Crippen LogP contribution in [-0.2, 0) is 26.2 Å². The number of amides is 2. The van der Waals surface area contributed by atoms with Gasteiger partial charge in [-0.15, -0.1) is 0 Å². The summed E-state index contributed by atoms with van der Waals surface area (Å²) in [6.07, 6.45) is 2.66. The van der Waals surface area contributed by atoms with E-state index < -0.39 is 22.6 Å². The van der Waals surface area contributed by atoms with Crippen molar-refractivity contribution in [2.45, 2.75) is 70.1 Å². The number of benzene rings is 1. The number of guanidine groups is 1. The number of halogens is 2. The third-order valence-corrected chi connectivity index (χ3v) is 7.55. The van der Waals surface area contributed by atoms with E-state index >= 15 is 0 Å². The van der Waals surface area contributed by atoms with E-state index in [1.165, 1.54) is 11.0 Å². The van der Waals surface area contributed by atoms with Crippen LogP contribution in [0.5, 0.6) is 0 Å². The Bertz CT molecular complexity index is 998. The number of ether oxygens (including phenoxy) is 2. The van der Waals surface area contributed by atoms with Crippen LogP contribution in [0, 0.1) is 11.2 Å². The molecule has 1 fully saturated rings. The number of hydrogen-bond donors (Lipinski definition) is 1. The maximum absolute atomic E-state index is 15.0. The summed E-state index contributed by atoms with van der Waals surface area (Å²) in [7, 11) is 3.26. The Kier molecular flexibility index (Phi) is 5.65. The Morgan fingerprint density at radius 1 is 1.31 bits per heavy atom. The molecule has 9 heteroatoms. The summed E-state index contributed by atoms with van der Waals surface area (Å²) in [4.78, 5) is 32.6. The highest BCUT2D eigenvalue weighted by molar-refractivity contribution is 9.10. The quantitative estimate of drug-likeness (QED) is 0.612. The average molecular weight is 510 g/mol. The lowest BCUT2D eigenvalue weighted by Crippen LogP contribution is -2.51. The van der Waals surface area contributed by atoms with Crippen LogP contribution in [0.15, 0.2) is 21.6 Å². The fraction of sp³-hybridized carbons (Fsp3) is 0.609. The van der Waals surface area contributed by atoms with Crippen LogP contribution < -0.4 is 5.32 Å². The highest BCUT2D eigenvalue weighted by Crippen LogP contribution is 2.63. The highest BCUT2D eigenvalue weighted by atomic mass is 79.9. The van der Waals surface area contributed by atoms with Crippen molar-refractivity contribution in [3.05, 3.63) is 33.5 Å². The van der Waals surface area contributed by atoms with Crippen LogP contribution in [0.25, 0.3) is 0 Å². The molecule has 0 bridgehead atoms. The van der Waals surface area contributed by atoms with Crippen LogP contribution in [-0.4, -0.2) is 48.7 Å². The lowest BCUT2D eigenvalue weighted by Gasteiger charge is -2.45. The normalized spacial score (nSPS) is 29.5. The van der Waals surface area contributed by atoms with Gasteiger partial charge in [0.2, 0.25) is 5.96 Å². The van der Waals surface area contributed by atoms with Crippen LogP contribution in [0.2, 0.25) is 0 Å². The first-order valence-corrected chi connectivity index (χ1v) is 11.6. The second-order valence-electron chi connectivity index (χ2n) is 9.91. The monoisotopic (exact) mass is 509 g/mol. The average Bonchev–Trinajstić information content (AvgIpc) is 3.13. The van der Waals surface area contributed by atoms with Gasteiger partial charge in [0.15, 0.2) is 5.54 Å². The largest absolute Gasteiger partial charge is 0.444 e. The number of alkyl carbamates (subject to hydrolysis) is 1. The number of carbonyl (C=O) groups is 2. The highest BCUT2D eigenvalue weighted by Gasteiger charge is 2.67. The van der Waals surface area contributed by atoms with Gasteiger partial charge in [-0.1, -0.05) is 15.9 Å². The smallest absolute Gasteiger partial charge is 0.414 e. The Morgan fingerprint density at radius 3 is 2.56 bits per heavy atom. The van der Waals surface area contributed by atoms with E-state index in [0.29, 0.717) is 34.9 Å². The number of aliphatic imine (C=N–C) groups is 1. The number of hydrogen-bond acceptors (Lipinski definition) is 5. The maximum Gasteiger partial charge on any atom is 0.414 e. The Morgan fingerprint density at radius 2 is 1.97 bits per heavy atom. The van der Waals surface area contributed by atoms with Gasteiger partial charge in [-0.05, 0) is 70.6 Å². The van der Waals surface area contributed by atoms with Gasteiger partial charge in [0.25, 0.3) is 5.91 Å². The van der Waals surface area contributed by atoms with Gasteiger partial charge in [0.1, 0.15) is 11.4 Å². The summed E-state index contributed by atoms with van der Waals surface area (Å²) in [5.74, 6) is -0.501. The van der Waals surface area contributed by atoms with Crippen molar-refractivity contribution in [1.29, 1.82) is 0 Å². The van der Waals surface area contributed by atoms with Crippen LogP contribution >= 0.6 is 15.9 Å². The van der Waals surface area contributed by atoms with E-state index in [4.69, 9.17) is 14.5 Å². The zero-order chi connectivity index (χ0) is 23.5. The maximum atomic E-state index is 15.0. The molecule has 32 heavy (non-hydrogen) atoms. The number of likely N-dealkylation sites (N-methyl/N-ethyl adjacent to an activating group) is 1. The lowest BCUT2D eigenvalue weighted by molar-refractivity contribution is -0.137. The van der Waals surface area contributed by atoms with Crippen molar-refractivity contribution in [3.8, 4) is 0 Å². The van der Waals surface area contributed by atoms with Crippen molar-refractivity contribution in [3.63, 3.8) is 0 Å². The molecule has 1 N–H and O–H groups in total. The Hall–Kier alpha value is -2.00. The fourth-order valence-corrected chi connectivity index (χ4v) is 6.10. The third kappa shape index (κ3) is 3.44. The van der Waals surface area contributed by atoms with Gasteiger partial charge in [0, 0.05) is 29.6 Å². The molecule has 1 atom stereocenters. The molecule has 1 aromatic carbocycles. The molecule has 2 aliphatic carbocycles. The lowest BCUT2D eigenvalue weighted by atomic mass is 9.61. The molecule has 1 unspecified atom stereocenters. The van der Waals surface area contributed by atoms with Crippen LogP contribution in [0.4, 0.5) is 9.18 Å². The molecule has 2 spiro atoms. The van der Waals surface area contributed by atoms with Crippen molar-refractivity contribution >= 4 is 33.9 Å². The summed E-state index contributed by atoms with van der Waals surface area (Å²) in [6.45, 7) is 5.28. The predicted molar refractivity (Wildman–Crippen MR) is 121 cm³/mol. The number of nitrogens with one attached hydrogen (secondary N) is 1. The SMILES string of the molecule is COC1CCC2(CC1)Cc1c(F)ccc(Br)c1C21N=C(NC(=O)OC(C)(C)C)N(C)C1=O. The number of fused-ring (bicyclic) bond motifs is 3. The molecular weight excluding hydrogens is 481 g/mol. The minimum Gasteiger partial charge on any atom is -0.444 e. The van der Waals surface area contributed by atoms with E-state index in [-0.39, 0.29) is 23.8 Å². The van der Waals surface area contributed by atoms with E-state index in [1.807, 2.05) is 0 Å². The fourth-order valence-electron chi connectivity index (χ4n) is 5.44. The first-order valence-electron chi connectivity index (χ1n) is 10.8. The minimum absolute atomic E-state index is 0.104. The van der Waals surface area contributed by atoms with Gasteiger partial charge in [0.05, 0.1) is 6.10 Å². The molecule has 4 rings (SSSR count). The third-order valence-electron chi connectivity index (χ3n) is 6.89.